The summed E-state index contributed by atoms with van der Waals surface area (Å²) in [5.74, 6) is -2.06. The fourth-order valence-corrected chi connectivity index (χ4v) is 7.43. The van der Waals surface area contributed by atoms with Crippen LogP contribution in [0.2, 0.25) is 0 Å². The van der Waals surface area contributed by atoms with Gasteiger partial charge in [-0.2, -0.15) is 15.0 Å². The number of carbonyl (C=O) groups excluding carboxylic acids is 4. The van der Waals surface area contributed by atoms with Crippen molar-refractivity contribution in [2.45, 2.75) is 84.3 Å². The number of aromatic nitrogens is 6. The van der Waals surface area contributed by atoms with Crippen LogP contribution in [-0.4, -0.2) is 97.2 Å². The first-order chi connectivity index (χ1) is 25.6. The molecule has 5 N–H and O–H groups in total. The molecule has 0 unspecified atom stereocenters. The Labute approximate surface area is 311 Å². The molecule has 292 valence electrons. The number of H-pyrrole nitrogens is 1. The van der Waals surface area contributed by atoms with Crippen molar-refractivity contribution in [2.75, 3.05) is 31.3 Å². The maximum atomic E-state index is 12.7. The molecule has 0 bridgehead atoms. The van der Waals surface area contributed by atoms with Gasteiger partial charge in [-0.3, -0.25) is 47.7 Å². The number of rotatable bonds is 10. The highest BCUT2D eigenvalue weighted by atomic mass is 32.1. The smallest absolute Gasteiger partial charge is 0.311 e. The molecule has 0 radical (unpaired) electrons. The van der Waals surface area contributed by atoms with Crippen LogP contribution in [0.15, 0.2) is 14.4 Å². The summed E-state index contributed by atoms with van der Waals surface area (Å²) in [5, 5.41) is 0. The van der Waals surface area contributed by atoms with Crippen LogP contribution in [0.25, 0.3) is 20.7 Å². The normalized spacial score (nSPS) is 22.0. The van der Waals surface area contributed by atoms with E-state index in [0.717, 1.165) is 15.9 Å². The van der Waals surface area contributed by atoms with Crippen molar-refractivity contribution in [1.29, 1.82) is 0 Å². The molecule has 4 aromatic rings. The topological polar surface area (TPSA) is 300 Å². The summed E-state index contributed by atoms with van der Waals surface area (Å²) in [6, 6.07) is 0. The van der Waals surface area contributed by atoms with Gasteiger partial charge in [0.05, 0.1) is 18.8 Å². The number of hydrogen-bond acceptors (Lipinski definition) is 21. The molecule has 0 amide bonds. The number of nitrogens with one attached hydrogen (secondary N) is 1. The van der Waals surface area contributed by atoms with E-state index < -0.39 is 76.1 Å². The van der Waals surface area contributed by atoms with Crippen molar-refractivity contribution in [3.8, 4) is 5.88 Å². The highest BCUT2D eigenvalue weighted by Gasteiger charge is 2.43. The summed E-state index contributed by atoms with van der Waals surface area (Å²) < 4.78 is 40.4. The highest BCUT2D eigenvalue weighted by molar-refractivity contribution is 7.16. The molecule has 6 heterocycles. The van der Waals surface area contributed by atoms with E-state index >= 15 is 0 Å². The van der Waals surface area contributed by atoms with Gasteiger partial charge in [0.2, 0.25) is 17.8 Å². The van der Waals surface area contributed by atoms with Crippen LogP contribution in [-0.2, 0) is 47.6 Å². The predicted octanol–water partition coefficient (Wildman–Crippen LogP) is 0.127. The molecule has 2 aliphatic rings. The molecule has 0 aromatic carbocycles. The lowest BCUT2D eigenvalue weighted by Crippen LogP contribution is -2.30. The van der Waals surface area contributed by atoms with Gasteiger partial charge in [-0.25, -0.2) is 0 Å². The van der Waals surface area contributed by atoms with Crippen molar-refractivity contribution < 1.29 is 52.3 Å². The number of fused-ring (bicyclic) bond motifs is 2. The largest absolute Gasteiger partial charge is 0.477 e. The van der Waals surface area contributed by atoms with Crippen LogP contribution in [0.3, 0.4) is 0 Å². The number of thiazole rings is 2. The maximum Gasteiger partial charge on any atom is 0.311 e. The van der Waals surface area contributed by atoms with Crippen molar-refractivity contribution in [1.82, 2.24) is 29.1 Å². The van der Waals surface area contributed by atoms with Gasteiger partial charge in [-0.15, -0.1) is 0 Å². The maximum absolute atomic E-state index is 12.7. The molecular formula is C30H36N8O14S2. The number of nitrogens with zero attached hydrogens (tertiary/aromatic N) is 5. The van der Waals surface area contributed by atoms with Gasteiger partial charge in [0, 0.05) is 40.5 Å². The molecule has 2 fully saturated rings. The standard InChI is InChI=1S/C16H20N4O7S.C14H16N4O7S/c1-4-24-13-11-12(18-15(17)19-13)20(16(23)28-11)14-10(26-8(3)22)5-9(27-14)6-25-7(2)21;1-5(19)23-4-7-3-8(24-6(2)20)12(25-7)18-10-9(26-14(18)22)11(21)17-13(15)16-10/h9-10,14H,4-6H2,1-3H3,(H2,17,18,19);7-8,12H,3-4H2,1-2H3,(H3,15,16,17,21)/t9-,10+,14+;7-,8+,12+/m00/s1. The fourth-order valence-electron chi connectivity index (χ4n) is 5.70. The van der Waals surface area contributed by atoms with Crippen molar-refractivity contribution in [3.63, 3.8) is 0 Å². The van der Waals surface area contributed by atoms with Gasteiger partial charge in [0.15, 0.2) is 23.8 Å². The predicted molar refractivity (Wildman–Crippen MR) is 188 cm³/mol. The Morgan fingerprint density at radius 1 is 0.759 bits per heavy atom. The zero-order chi connectivity index (χ0) is 39.4. The van der Waals surface area contributed by atoms with E-state index in [2.05, 4.69) is 19.9 Å². The Bertz CT molecular complexity index is 2250. The van der Waals surface area contributed by atoms with Gasteiger partial charge in [-0.1, -0.05) is 22.7 Å². The summed E-state index contributed by atoms with van der Waals surface area (Å²) in [5.41, 5.74) is 11.0. The van der Waals surface area contributed by atoms with Gasteiger partial charge >= 0.3 is 33.6 Å². The van der Waals surface area contributed by atoms with E-state index in [1.54, 1.807) is 6.92 Å². The molecule has 0 spiro atoms. The second-order valence-corrected chi connectivity index (χ2v) is 13.6. The molecule has 2 saturated heterocycles. The monoisotopic (exact) mass is 796 g/mol. The molecule has 4 aromatic heterocycles. The Balaban J connectivity index is 0.000000208. The van der Waals surface area contributed by atoms with Gasteiger partial charge in [0.1, 0.15) is 34.8 Å². The number of nitrogens with two attached hydrogens (primary N) is 2. The van der Waals surface area contributed by atoms with Crippen LogP contribution < -0.4 is 31.5 Å². The molecule has 24 heteroatoms. The number of esters is 4. The van der Waals surface area contributed by atoms with E-state index in [0.29, 0.717) is 22.6 Å². The summed E-state index contributed by atoms with van der Waals surface area (Å²) in [6.45, 7) is 7.05. The zero-order valence-corrected chi connectivity index (χ0v) is 31.1. The van der Waals surface area contributed by atoms with Crippen molar-refractivity contribution >= 4 is 79.1 Å². The number of anilines is 2. The van der Waals surface area contributed by atoms with Crippen molar-refractivity contribution in [2.24, 2.45) is 0 Å². The van der Waals surface area contributed by atoms with Crippen LogP contribution in [0, 0.1) is 0 Å². The highest BCUT2D eigenvalue weighted by Crippen LogP contribution is 2.36. The van der Waals surface area contributed by atoms with Crippen LogP contribution >= 0.6 is 22.7 Å². The first-order valence-electron chi connectivity index (χ1n) is 16.2. The minimum Gasteiger partial charge on any atom is -0.477 e. The first-order valence-corrected chi connectivity index (χ1v) is 17.8. The lowest BCUT2D eigenvalue weighted by Gasteiger charge is -2.19. The van der Waals surface area contributed by atoms with Gasteiger partial charge < -0.3 is 44.6 Å². The molecule has 6 rings (SSSR count). The number of aromatic amines is 1. The van der Waals surface area contributed by atoms with E-state index in [9.17, 15) is 33.6 Å². The van der Waals surface area contributed by atoms with E-state index in [4.69, 9.17) is 44.6 Å². The Hall–Kier alpha value is -5.46. The summed E-state index contributed by atoms with van der Waals surface area (Å²) in [6.07, 6.45) is -4.23. The Kier molecular flexibility index (Phi) is 12.3. The third-order valence-corrected chi connectivity index (χ3v) is 9.48. The molecule has 54 heavy (non-hydrogen) atoms. The second kappa shape index (κ2) is 16.7. The summed E-state index contributed by atoms with van der Waals surface area (Å²) in [7, 11) is 0. The lowest BCUT2D eigenvalue weighted by atomic mass is 10.2. The van der Waals surface area contributed by atoms with E-state index in [-0.39, 0.29) is 59.8 Å². The van der Waals surface area contributed by atoms with Gasteiger partial charge in [-0.05, 0) is 6.92 Å². The number of carbonyl (C=O) groups is 4. The SMILES string of the molecule is CC(=O)OC[C@@H]1C[C@@H](OC(C)=O)[C@H](n2c(=O)sc3c(=O)[nH]c(N)nc32)O1.CCOc1nc(N)nc2c1sc(=O)n2[C@@H]1O[C@H](COC(C)=O)C[C@H]1OC(C)=O. The molecular weight excluding hydrogens is 761 g/mol. The average Bonchev–Trinajstić information content (AvgIpc) is 3.81. The Morgan fingerprint density at radius 3 is 1.70 bits per heavy atom. The van der Waals surface area contributed by atoms with E-state index in [1.165, 1.54) is 32.3 Å². The number of hydrogen-bond donors (Lipinski definition) is 3. The van der Waals surface area contributed by atoms with Crippen LogP contribution in [0.1, 0.15) is 59.9 Å². The number of ether oxygens (including phenoxy) is 7. The summed E-state index contributed by atoms with van der Waals surface area (Å²) >= 11 is 1.56. The summed E-state index contributed by atoms with van der Waals surface area (Å²) in [4.78, 5) is 95.7. The quantitative estimate of drug-likeness (QED) is 0.142. The number of nitrogen functional groups attached to an aromatic ring is 2. The van der Waals surface area contributed by atoms with Gasteiger partial charge in [0.25, 0.3) is 5.56 Å². The lowest BCUT2D eigenvalue weighted by molar-refractivity contribution is -0.154. The molecule has 2 aliphatic heterocycles. The third-order valence-electron chi connectivity index (χ3n) is 7.60. The van der Waals surface area contributed by atoms with Crippen LogP contribution in [0.4, 0.5) is 11.9 Å². The van der Waals surface area contributed by atoms with Crippen LogP contribution in [0.5, 0.6) is 5.88 Å². The minimum atomic E-state index is -1.02. The van der Waals surface area contributed by atoms with Crippen molar-refractivity contribution in [3.05, 3.63) is 29.7 Å². The third kappa shape index (κ3) is 9.00. The first kappa shape index (κ1) is 39.7. The average molecular weight is 797 g/mol. The molecule has 6 atom stereocenters. The molecule has 0 aliphatic carbocycles. The zero-order valence-electron chi connectivity index (χ0n) is 29.4. The minimum absolute atomic E-state index is 0.0261. The second-order valence-electron chi connectivity index (χ2n) is 11.7. The van der Waals surface area contributed by atoms with E-state index in [1.807, 2.05) is 0 Å². The molecule has 22 nitrogen and oxygen atoms in total. The fraction of sp³-hybridized carbons (Fsp3) is 0.533. The molecule has 0 saturated carbocycles. The Morgan fingerprint density at radius 2 is 1.24 bits per heavy atom.